The summed E-state index contributed by atoms with van der Waals surface area (Å²) >= 11 is 0. The molecule has 1 aliphatic carbocycles. The van der Waals surface area contributed by atoms with Crippen LogP contribution in [0.4, 0.5) is 0 Å². The molecule has 2 nitrogen and oxygen atoms in total. The smallest absolute Gasteiger partial charge is 0.293 e. The third kappa shape index (κ3) is 3.63. The number of carbonyl (C=O) groups excluding carboxylic acids is 1. The Morgan fingerprint density at radius 3 is 2.56 bits per heavy atom. The van der Waals surface area contributed by atoms with Crippen LogP contribution in [0.2, 0.25) is 0 Å². The summed E-state index contributed by atoms with van der Waals surface area (Å²) in [7, 11) is 0. The van der Waals surface area contributed by atoms with Crippen molar-refractivity contribution in [2.75, 3.05) is 6.61 Å². The highest BCUT2D eigenvalue weighted by atomic mass is 16.5. The SMILES string of the molecule is CCCCc1ccc2c(c1)C(COC=O)c1c(CCCC)cccc1-2. The van der Waals surface area contributed by atoms with Crippen LogP contribution in [0.5, 0.6) is 0 Å². The predicted molar refractivity (Wildman–Crippen MR) is 103 cm³/mol. The summed E-state index contributed by atoms with van der Waals surface area (Å²) in [6.07, 6.45) is 7.00. The first-order chi connectivity index (χ1) is 12.3. The molecule has 0 bridgehead atoms. The molecule has 25 heavy (non-hydrogen) atoms. The molecule has 0 fully saturated rings. The van der Waals surface area contributed by atoms with E-state index in [0.717, 1.165) is 12.8 Å². The maximum absolute atomic E-state index is 10.8. The summed E-state index contributed by atoms with van der Waals surface area (Å²) in [5.74, 6) is 0.171. The second-order valence-electron chi connectivity index (χ2n) is 6.99. The molecule has 0 amide bonds. The molecule has 2 heteroatoms. The van der Waals surface area contributed by atoms with E-state index in [1.807, 2.05) is 0 Å². The van der Waals surface area contributed by atoms with E-state index >= 15 is 0 Å². The number of unbranched alkanes of at least 4 members (excludes halogenated alkanes) is 2. The van der Waals surface area contributed by atoms with Crippen LogP contribution >= 0.6 is 0 Å². The van der Waals surface area contributed by atoms with Crippen molar-refractivity contribution in [3.8, 4) is 11.1 Å². The fourth-order valence-corrected chi connectivity index (χ4v) is 3.99. The van der Waals surface area contributed by atoms with Gasteiger partial charge in [0.15, 0.2) is 0 Å². The van der Waals surface area contributed by atoms with E-state index in [0.29, 0.717) is 13.1 Å². The summed E-state index contributed by atoms with van der Waals surface area (Å²) in [6, 6.07) is 13.5. The highest BCUT2D eigenvalue weighted by Gasteiger charge is 2.31. The molecule has 3 rings (SSSR count). The summed E-state index contributed by atoms with van der Waals surface area (Å²) in [6.45, 7) is 5.46. The molecular formula is C23H28O2. The number of aryl methyl sites for hydroxylation is 2. The average Bonchev–Trinajstić information content (AvgIpc) is 2.96. The van der Waals surface area contributed by atoms with Gasteiger partial charge < -0.3 is 4.74 Å². The molecule has 2 aromatic carbocycles. The van der Waals surface area contributed by atoms with Gasteiger partial charge in [0.25, 0.3) is 6.47 Å². The van der Waals surface area contributed by atoms with Crippen molar-refractivity contribution >= 4 is 6.47 Å². The maximum atomic E-state index is 10.8. The van der Waals surface area contributed by atoms with Crippen molar-refractivity contribution in [1.29, 1.82) is 0 Å². The molecule has 0 radical (unpaired) electrons. The Kier molecular flexibility index (Phi) is 5.91. The maximum Gasteiger partial charge on any atom is 0.293 e. The van der Waals surface area contributed by atoms with Crippen molar-refractivity contribution in [1.82, 2.24) is 0 Å². The molecule has 1 unspecified atom stereocenters. The lowest BCUT2D eigenvalue weighted by atomic mass is 9.90. The summed E-state index contributed by atoms with van der Waals surface area (Å²) in [5.41, 5.74) is 8.14. The molecule has 0 heterocycles. The Bertz CT molecular complexity index is 733. The van der Waals surface area contributed by atoms with Gasteiger partial charge in [-0.15, -0.1) is 0 Å². The van der Waals surface area contributed by atoms with Crippen molar-refractivity contribution in [3.63, 3.8) is 0 Å². The highest BCUT2D eigenvalue weighted by molar-refractivity contribution is 5.80. The number of ether oxygens (including phenoxy) is 1. The van der Waals surface area contributed by atoms with E-state index in [-0.39, 0.29) is 5.92 Å². The topological polar surface area (TPSA) is 26.3 Å². The summed E-state index contributed by atoms with van der Waals surface area (Å²) < 4.78 is 5.23. The van der Waals surface area contributed by atoms with Crippen LogP contribution < -0.4 is 0 Å². The first-order valence-corrected chi connectivity index (χ1v) is 9.60. The van der Waals surface area contributed by atoms with E-state index in [4.69, 9.17) is 4.74 Å². The third-order valence-electron chi connectivity index (χ3n) is 5.28. The molecule has 0 N–H and O–H groups in total. The van der Waals surface area contributed by atoms with E-state index in [2.05, 4.69) is 50.2 Å². The lowest BCUT2D eigenvalue weighted by Gasteiger charge is -2.16. The molecule has 0 saturated heterocycles. The minimum absolute atomic E-state index is 0.171. The van der Waals surface area contributed by atoms with E-state index in [1.165, 1.54) is 59.1 Å². The molecule has 0 aliphatic heterocycles. The molecule has 2 aromatic rings. The van der Waals surface area contributed by atoms with Gasteiger partial charge in [0.2, 0.25) is 0 Å². The fourth-order valence-electron chi connectivity index (χ4n) is 3.99. The van der Waals surface area contributed by atoms with Crippen LogP contribution in [0.25, 0.3) is 11.1 Å². The van der Waals surface area contributed by atoms with Crippen molar-refractivity contribution in [2.45, 2.75) is 58.3 Å². The molecule has 132 valence electrons. The minimum Gasteiger partial charge on any atom is -0.467 e. The van der Waals surface area contributed by atoms with Crippen LogP contribution in [-0.4, -0.2) is 13.1 Å². The number of hydrogen-bond donors (Lipinski definition) is 0. The lowest BCUT2D eigenvalue weighted by Crippen LogP contribution is -2.09. The quantitative estimate of drug-likeness (QED) is 0.553. The van der Waals surface area contributed by atoms with Gasteiger partial charge in [-0.2, -0.15) is 0 Å². The van der Waals surface area contributed by atoms with Crippen LogP contribution in [0.15, 0.2) is 36.4 Å². The van der Waals surface area contributed by atoms with Gasteiger partial charge in [0, 0.05) is 5.92 Å². The molecule has 0 spiro atoms. The van der Waals surface area contributed by atoms with E-state index in [9.17, 15) is 4.79 Å². The van der Waals surface area contributed by atoms with Crippen LogP contribution in [0.3, 0.4) is 0 Å². The Morgan fingerprint density at radius 2 is 1.80 bits per heavy atom. The second kappa shape index (κ2) is 8.33. The number of benzene rings is 2. The monoisotopic (exact) mass is 336 g/mol. The number of carbonyl (C=O) groups is 1. The molecule has 0 saturated carbocycles. The minimum atomic E-state index is 0.171. The van der Waals surface area contributed by atoms with E-state index in [1.54, 1.807) is 0 Å². The Balaban J connectivity index is 2.03. The number of rotatable bonds is 9. The zero-order valence-electron chi connectivity index (χ0n) is 15.4. The van der Waals surface area contributed by atoms with Gasteiger partial charge in [-0.3, -0.25) is 4.79 Å². The number of fused-ring (bicyclic) bond motifs is 3. The Morgan fingerprint density at radius 1 is 1.00 bits per heavy atom. The van der Waals surface area contributed by atoms with Crippen molar-refractivity contribution < 1.29 is 9.53 Å². The van der Waals surface area contributed by atoms with Gasteiger partial charge in [0.1, 0.15) is 6.61 Å². The predicted octanol–water partition coefficient (Wildman–Crippen LogP) is 5.66. The zero-order chi connectivity index (χ0) is 17.6. The van der Waals surface area contributed by atoms with Gasteiger partial charge in [-0.1, -0.05) is 63.1 Å². The molecule has 0 aromatic heterocycles. The molecular weight excluding hydrogens is 308 g/mol. The van der Waals surface area contributed by atoms with Gasteiger partial charge in [-0.05, 0) is 59.1 Å². The van der Waals surface area contributed by atoms with E-state index < -0.39 is 0 Å². The molecule has 1 aliphatic rings. The van der Waals surface area contributed by atoms with Crippen LogP contribution in [-0.2, 0) is 22.4 Å². The number of hydrogen-bond acceptors (Lipinski definition) is 2. The normalized spacial score (nSPS) is 14.9. The first-order valence-electron chi connectivity index (χ1n) is 9.60. The van der Waals surface area contributed by atoms with Crippen LogP contribution in [0.1, 0.15) is 67.7 Å². The zero-order valence-corrected chi connectivity index (χ0v) is 15.4. The summed E-state index contributed by atoms with van der Waals surface area (Å²) in [4.78, 5) is 10.8. The van der Waals surface area contributed by atoms with Crippen molar-refractivity contribution in [3.05, 3.63) is 58.7 Å². The van der Waals surface area contributed by atoms with Gasteiger partial charge in [-0.25, -0.2) is 0 Å². The second-order valence-corrected chi connectivity index (χ2v) is 6.99. The highest BCUT2D eigenvalue weighted by Crippen LogP contribution is 2.47. The lowest BCUT2D eigenvalue weighted by molar-refractivity contribution is -0.128. The van der Waals surface area contributed by atoms with Gasteiger partial charge in [0.05, 0.1) is 0 Å². The standard InChI is InChI=1S/C23H28O2/c1-3-5-8-17-12-13-19-20-11-7-10-18(9-6-4-2)23(20)22(15-25-16-24)21(19)14-17/h7,10-14,16,22H,3-6,8-9,15H2,1-2H3. The average molecular weight is 336 g/mol. The Hall–Kier alpha value is -2.09. The third-order valence-corrected chi connectivity index (χ3v) is 5.28. The largest absolute Gasteiger partial charge is 0.467 e. The van der Waals surface area contributed by atoms with Crippen LogP contribution in [0, 0.1) is 0 Å². The summed E-state index contributed by atoms with van der Waals surface area (Å²) in [5, 5.41) is 0. The fraction of sp³-hybridized carbons (Fsp3) is 0.435. The first kappa shape index (κ1) is 17.7. The Labute approximate surface area is 151 Å². The van der Waals surface area contributed by atoms with Gasteiger partial charge >= 0.3 is 0 Å². The van der Waals surface area contributed by atoms with Crippen molar-refractivity contribution in [2.24, 2.45) is 0 Å². The molecule has 1 atom stereocenters.